The maximum absolute atomic E-state index is 11.8. The third-order valence-electron chi connectivity index (χ3n) is 2.54. The molecule has 1 aromatic rings. The van der Waals surface area contributed by atoms with E-state index in [4.69, 9.17) is 15.2 Å². The van der Waals surface area contributed by atoms with Gasteiger partial charge in [-0.15, -0.1) is 0 Å². The zero-order chi connectivity index (χ0) is 15.0. The lowest BCUT2D eigenvalue weighted by atomic mass is 10.3. The summed E-state index contributed by atoms with van der Waals surface area (Å²) in [6.07, 6.45) is 0.185. The van der Waals surface area contributed by atoms with E-state index in [2.05, 4.69) is 0 Å². The first-order chi connectivity index (χ1) is 9.52. The Bertz CT molecular complexity index is 462. The van der Waals surface area contributed by atoms with Gasteiger partial charge in [0.1, 0.15) is 12.3 Å². The fraction of sp³-hybridized carbons (Fsp3) is 0.429. The number of anilines is 1. The third-order valence-corrected chi connectivity index (χ3v) is 2.54. The van der Waals surface area contributed by atoms with E-state index in [0.717, 1.165) is 0 Å². The number of likely N-dealkylation sites (N-methyl/N-ethyl adjacent to an activating group) is 1. The Morgan fingerprint density at radius 1 is 1.35 bits per heavy atom. The first-order valence-corrected chi connectivity index (χ1v) is 6.41. The van der Waals surface area contributed by atoms with Gasteiger partial charge in [-0.25, -0.2) is 0 Å². The highest BCUT2D eigenvalue weighted by molar-refractivity contribution is 5.81. The van der Waals surface area contributed by atoms with Gasteiger partial charge in [-0.3, -0.25) is 9.59 Å². The first kappa shape index (κ1) is 15.8. The van der Waals surface area contributed by atoms with Gasteiger partial charge in [-0.2, -0.15) is 0 Å². The van der Waals surface area contributed by atoms with Crippen LogP contribution < -0.4 is 10.5 Å². The largest absolute Gasteiger partial charge is 0.493 e. The van der Waals surface area contributed by atoms with Crippen LogP contribution in [0, 0.1) is 0 Å². The minimum atomic E-state index is -0.417. The zero-order valence-corrected chi connectivity index (χ0v) is 11.8. The fourth-order valence-electron chi connectivity index (χ4n) is 1.54. The second-order valence-electron chi connectivity index (χ2n) is 4.23. The first-order valence-electron chi connectivity index (χ1n) is 6.41. The van der Waals surface area contributed by atoms with Crippen molar-refractivity contribution in [2.75, 3.05) is 32.5 Å². The molecule has 6 heteroatoms. The van der Waals surface area contributed by atoms with Crippen LogP contribution in [0.2, 0.25) is 0 Å². The Kier molecular flexibility index (Phi) is 6.36. The number of ether oxygens (including phenoxy) is 2. The van der Waals surface area contributed by atoms with E-state index >= 15 is 0 Å². The lowest BCUT2D eigenvalue weighted by Gasteiger charge is -2.16. The molecule has 6 nitrogen and oxygen atoms in total. The summed E-state index contributed by atoms with van der Waals surface area (Å²) in [5, 5.41) is 0. The smallest absolute Gasteiger partial charge is 0.325 e. The van der Waals surface area contributed by atoms with Gasteiger partial charge >= 0.3 is 5.97 Å². The number of nitrogens with zero attached hydrogens (tertiary/aromatic N) is 1. The Morgan fingerprint density at radius 2 is 2.10 bits per heavy atom. The predicted molar refractivity (Wildman–Crippen MR) is 75.2 cm³/mol. The van der Waals surface area contributed by atoms with Crippen molar-refractivity contribution in [1.82, 2.24) is 4.90 Å². The minimum absolute atomic E-state index is 0.0506. The number of hydrogen-bond donors (Lipinski definition) is 1. The summed E-state index contributed by atoms with van der Waals surface area (Å²) in [5.74, 6) is 0.0212. The summed E-state index contributed by atoms with van der Waals surface area (Å²) in [6.45, 7) is 2.21. The number of benzene rings is 1. The molecule has 0 heterocycles. The van der Waals surface area contributed by atoms with E-state index in [9.17, 15) is 9.59 Å². The highest BCUT2D eigenvalue weighted by Crippen LogP contribution is 2.14. The van der Waals surface area contributed by atoms with E-state index in [1.165, 1.54) is 4.90 Å². The van der Waals surface area contributed by atoms with Crippen molar-refractivity contribution in [2.24, 2.45) is 0 Å². The van der Waals surface area contributed by atoms with Gasteiger partial charge in [0.05, 0.1) is 19.6 Å². The van der Waals surface area contributed by atoms with Gasteiger partial charge < -0.3 is 20.1 Å². The van der Waals surface area contributed by atoms with Crippen LogP contribution in [-0.2, 0) is 14.3 Å². The summed E-state index contributed by atoms with van der Waals surface area (Å²) >= 11 is 0. The maximum atomic E-state index is 11.8. The van der Waals surface area contributed by atoms with Gasteiger partial charge in [0.15, 0.2) is 0 Å². The molecule has 0 unspecified atom stereocenters. The molecule has 0 bridgehead atoms. The minimum Gasteiger partial charge on any atom is -0.493 e. The molecule has 0 spiro atoms. The van der Waals surface area contributed by atoms with Crippen LogP contribution in [0.15, 0.2) is 24.3 Å². The van der Waals surface area contributed by atoms with Gasteiger partial charge in [0.25, 0.3) is 0 Å². The van der Waals surface area contributed by atoms with Gasteiger partial charge in [0.2, 0.25) is 5.91 Å². The van der Waals surface area contributed by atoms with Crippen molar-refractivity contribution in [2.45, 2.75) is 13.3 Å². The van der Waals surface area contributed by atoms with Crippen LogP contribution in [0.3, 0.4) is 0 Å². The molecular weight excluding hydrogens is 260 g/mol. The van der Waals surface area contributed by atoms with Gasteiger partial charge in [-0.05, 0) is 19.1 Å². The summed E-state index contributed by atoms with van der Waals surface area (Å²) in [7, 11) is 1.56. The lowest BCUT2D eigenvalue weighted by Crippen LogP contribution is -2.33. The number of amides is 1. The topological polar surface area (TPSA) is 81.9 Å². The molecule has 0 fully saturated rings. The van der Waals surface area contributed by atoms with E-state index < -0.39 is 5.97 Å². The average Bonchev–Trinajstić information content (AvgIpc) is 2.38. The van der Waals surface area contributed by atoms with Gasteiger partial charge in [-0.1, -0.05) is 6.07 Å². The standard InChI is InChI=1S/C14H20N2O4/c1-3-19-14(18)10-16(2)13(17)7-8-20-12-6-4-5-11(15)9-12/h4-6,9H,3,7-8,10,15H2,1-2H3. The summed E-state index contributed by atoms with van der Waals surface area (Å²) in [4.78, 5) is 24.3. The molecule has 0 aliphatic heterocycles. The molecule has 1 aromatic carbocycles. The van der Waals surface area contributed by atoms with Crippen molar-refractivity contribution in [1.29, 1.82) is 0 Å². The predicted octanol–water partition coefficient (Wildman–Crippen LogP) is 1.06. The monoisotopic (exact) mass is 280 g/mol. The van der Waals surface area contributed by atoms with Crippen LogP contribution in [0.4, 0.5) is 5.69 Å². The number of nitrogen functional groups attached to an aromatic ring is 1. The third kappa shape index (κ3) is 5.60. The van der Waals surface area contributed by atoms with E-state index in [1.807, 2.05) is 0 Å². The Morgan fingerprint density at radius 3 is 2.75 bits per heavy atom. The Hall–Kier alpha value is -2.24. The number of esters is 1. The van der Waals surface area contributed by atoms with Crippen molar-refractivity contribution < 1.29 is 19.1 Å². The molecule has 1 rings (SSSR count). The summed E-state index contributed by atoms with van der Waals surface area (Å²) < 4.78 is 10.2. The molecule has 1 amide bonds. The van der Waals surface area contributed by atoms with Crippen LogP contribution in [-0.4, -0.2) is 43.6 Å². The Labute approximate surface area is 118 Å². The highest BCUT2D eigenvalue weighted by Gasteiger charge is 2.13. The molecular formula is C14H20N2O4. The summed E-state index contributed by atoms with van der Waals surface area (Å²) in [6, 6.07) is 6.99. The molecule has 0 radical (unpaired) electrons. The number of rotatable bonds is 7. The van der Waals surface area contributed by atoms with Crippen molar-refractivity contribution in [3.63, 3.8) is 0 Å². The summed E-state index contributed by atoms with van der Waals surface area (Å²) in [5.41, 5.74) is 6.22. The molecule has 0 aliphatic rings. The maximum Gasteiger partial charge on any atom is 0.325 e. The second kappa shape index (κ2) is 8.04. The Balaban J connectivity index is 2.30. The van der Waals surface area contributed by atoms with Crippen LogP contribution in [0.25, 0.3) is 0 Å². The van der Waals surface area contributed by atoms with Crippen molar-refractivity contribution in [3.8, 4) is 5.75 Å². The number of carbonyl (C=O) groups excluding carboxylic acids is 2. The van der Waals surface area contributed by atoms with Crippen molar-refractivity contribution >= 4 is 17.6 Å². The van der Waals surface area contributed by atoms with Crippen LogP contribution in [0.1, 0.15) is 13.3 Å². The molecule has 0 saturated carbocycles. The quantitative estimate of drug-likeness (QED) is 0.596. The van der Waals surface area contributed by atoms with Crippen LogP contribution in [0.5, 0.6) is 5.75 Å². The van der Waals surface area contributed by atoms with E-state index in [-0.39, 0.29) is 25.5 Å². The van der Waals surface area contributed by atoms with Crippen LogP contribution >= 0.6 is 0 Å². The van der Waals surface area contributed by atoms with Crippen molar-refractivity contribution in [3.05, 3.63) is 24.3 Å². The molecule has 110 valence electrons. The number of hydrogen-bond acceptors (Lipinski definition) is 5. The molecule has 20 heavy (non-hydrogen) atoms. The molecule has 0 aliphatic carbocycles. The zero-order valence-electron chi connectivity index (χ0n) is 11.8. The molecule has 0 aromatic heterocycles. The molecule has 0 atom stereocenters. The van der Waals surface area contributed by atoms with E-state index in [1.54, 1.807) is 38.2 Å². The fourth-order valence-corrected chi connectivity index (χ4v) is 1.54. The average molecular weight is 280 g/mol. The normalized spacial score (nSPS) is 9.90. The number of carbonyl (C=O) groups is 2. The van der Waals surface area contributed by atoms with Gasteiger partial charge in [0, 0.05) is 18.8 Å². The SMILES string of the molecule is CCOC(=O)CN(C)C(=O)CCOc1cccc(N)c1. The highest BCUT2D eigenvalue weighted by atomic mass is 16.5. The molecule has 0 saturated heterocycles. The molecule has 2 N–H and O–H groups in total. The second-order valence-corrected chi connectivity index (χ2v) is 4.23. The lowest BCUT2D eigenvalue weighted by molar-refractivity contribution is -0.148. The number of nitrogens with two attached hydrogens (primary N) is 1. The van der Waals surface area contributed by atoms with E-state index in [0.29, 0.717) is 18.0 Å².